The molecule has 1 aliphatic rings. The van der Waals surface area contributed by atoms with Crippen molar-refractivity contribution in [2.75, 3.05) is 20.1 Å². The number of thioether (sulfide) groups is 1. The molecule has 0 bridgehead atoms. The summed E-state index contributed by atoms with van der Waals surface area (Å²) in [5.74, 6) is 0.372. The molecule has 1 heterocycles. The van der Waals surface area contributed by atoms with Crippen molar-refractivity contribution in [3.63, 3.8) is 0 Å². The van der Waals surface area contributed by atoms with Gasteiger partial charge in [0.15, 0.2) is 0 Å². The average Bonchev–Trinajstić information content (AvgIpc) is 2.27. The van der Waals surface area contributed by atoms with Gasteiger partial charge in [-0.05, 0) is 31.2 Å². The topological polar surface area (TPSA) is 23.5 Å². The van der Waals surface area contributed by atoms with Crippen LogP contribution in [0.1, 0.15) is 25.8 Å². The highest BCUT2D eigenvalue weighted by Gasteiger charge is 2.38. The van der Waals surface area contributed by atoms with Gasteiger partial charge in [-0.1, -0.05) is 26.0 Å². The Kier molecular flexibility index (Phi) is 3.69. The molecule has 0 spiro atoms. The Labute approximate surface area is 108 Å². The van der Waals surface area contributed by atoms with Crippen LogP contribution in [0.3, 0.4) is 0 Å². The van der Waals surface area contributed by atoms with Crippen molar-refractivity contribution in [3.8, 4) is 5.75 Å². The van der Waals surface area contributed by atoms with Crippen LogP contribution in [0.5, 0.6) is 5.75 Å². The highest BCUT2D eigenvalue weighted by atomic mass is 32.2. The summed E-state index contributed by atoms with van der Waals surface area (Å²) in [6, 6.07) is 7.75. The van der Waals surface area contributed by atoms with Gasteiger partial charge in [-0.25, -0.2) is 0 Å². The number of phenolic OH excluding ortho intramolecular Hbond substituents is 1. The fraction of sp³-hybridized carbons (Fsp3) is 0.571. The van der Waals surface area contributed by atoms with Crippen molar-refractivity contribution in [1.82, 2.24) is 4.90 Å². The first kappa shape index (κ1) is 12.8. The molecule has 1 aromatic rings. The Morgan fingerprint density at radius 1 is 1.53 bits per heavy atom. The third kappa shape index (κ3) is 2.61. The summed E-state index contributed by atoms with van der Waals surface area (Å²) in [5, 5.41) is 10.3. The number of hydrogen-bond acceptors (Lipinski definition) is 3. The first-order chi connectivity index (χ1) is 8.05. The van der Waals surface area contributed by atoms with E-state index in [0.717, 1.165) is 19.5 Å². The Morgan fingerprint density at radius 2 is 2.29 bits per heavy atom. The molecule has 1 fully saturated rings. The zero-order chi connectivity index (χ0) is 12.5. The van der Waals surface area contributed by atoms with Crippen LogP contribution in [0.25, 0.3) is 0 Å². The fourth-order valence-corrected chi connectivity index (χ4v) is 4.57. The summed E-state index contributed by atoms with van der Waals surface area (Å²) in [4.78, 5) is 2.40. The minimum atomic E-state index is 0.130. The normalized spacial score (nSPS) is 30.4. The number of likely N-dealkylation sites (N-methyl/N-ethyl adjacent to an activating group) is 1. The smallest absolute Gasteiger partial charge is 0.115 e. The van der Waals surface area contributed by atoms with Crippen LogP contribution in [0.15, 0.2) is 24.3 Å². The number of rotatable bonds is 2. The van der Waals surface area contributed by atoms with E-state index in [1.165, 1.54) is 5.56 Å². The molecule has 1 N–H and O–H groups in total. The maximum atomic E-state index is 9.66. The molecule has 3 heteroatoms. The van der Waals surface area contributed by atoms with Gasteiger partial charge in [-0.3, -0.25) is 0 Å². The zero-order valence-electron chi connectivity index (χ0n) is 10.8. The molecule has 0 aromatic heterocycles. The van der Waals surface area contributed by atoms with E-state index >= 15 is 0 Å². The van der Waals surface area contributed by atoms with E-state index in [4.69, 9.17) is 0 Å². The molecule has 1 aromatic carbocycles. The fourth-order valence-electron chi connectivity index (χ4n) is 2.75. The van der Waals surface area contributed by atoms with Gasteiger partial charge in [0, 0.05) is 18.3 Å². The molecule has 0 amide bonds. The van der Waals surface area contributed by atoms with Crippen LogP contribution in [0, 0.1) is 0 Å². The van der Waals surface area contributed by atoms with Gasteiger partial charge in [0.1, 0.15) is 5.75 Å². The molecule has 1 aliphatic heterocycles. The molecular weight excluding hydrogens is 230 g/mol. The van der Waals surface area contributed by atoms with Crippen molar-refractivity contribution in [2.24, 2.45) is 0 Å². The summed E-state index contributed by atoms with van der Waals surface area (Å²) >= 11 is 2.05. The van der Waals surface area contributed by atoms with Crippen LogP contribution in [0.4, 0.5) is 0 Å². The van der Waals surface area contributed by atoms with E-state index < -0.39 is 0 Å². The molecular formula is C14H21NOS. The largest absolute Gasteiger partial charge is 0.508 e. The minimum absolute atomic E-state index is 0.130. The maximum Gasteiger partial charge on any atom is 0.115 e. The molecule has 0 unspecified atom stereocenters. The summed E-state index contributed by atoms with van der Waals surface area (Å²) in [7, 11) is 2.18. The van der Waals surface area contributed by atoms with E-state index in [-0.39, 0.29) is 4.75 Å². The Balaban J connectivity index is 2.36. The number of phenols is 1. The average molecular weight is 251 g/mol. The van der Waals surface area contributed by atoms with Crippen molar-refractivity contribution in [2.45, 2.75) is 30.3 Å². The maximum absolute atomic E-state index is 9.66. The van der Waals surface area contributed by atoms with E-state index in [1.54, 1.807) is 6.07 Å². The highest BCUT2D eigenvalue weighted by Crippen LogP contribution is 2.46. The van der Waals surface area contributed by atoms with E-state index in [9.17, 15) is 5.11 Å². The minimum Gasteiger partial charge on any atom is -0.508 e. The number of hydrogen-bond donors (Lipinski definition) is 1. The second-order valence-corrected chi connectivity index (χ2v) is 6.85. The summed E-state index contributed by atoms with van der Waals surface area (Å²) < 4.78 is 0.130. The van der Waals surface area contributed by atoms with Crippen molar-refractivity contribution >= 4 is 11.8 Å². The van der Waals surface area contributed by atoms with Crippen LogP contribution in [0.2, 0.25) is 0 Å². The van der Waals surface area contributed by atoms with Gasteiger partial charge in [0.05, 0.1) is 4.75 Å². The number of nitrogens with zero attached hydrogens (tertiary/aromatic N) is 1. The molecule has 2 rings (SSSR count). The lowest BCUT2D eigenvalue weighted by Crippen LogP contribution is -2.45. The first-order valence-corrected chi connectivity index (χ1v) is 7.09. The van der Waals surface area contributed by atoms with Crippen LogP contribution < -0.4 is 0 Å². The van der Waals surface area contributed by atoms with E-state index in [0.29, 0.717) is 11.0 Å². The highest BCUT2D eigenvalue weighted by molar-refractivity contribution is 8.00. The van der Waals surface area contributed by atoms with Gasteiger partial charge >= 0.3 is 0 Å². The summed E-state index contributed by atoms with van der Waals surface area (Å²) in [6.07, 6.45) is 1.09. The molecule has 94 valence electrons. The van der Waals surface area contributed by atoms with Gasteiger partial charge < -0.3 is 10.0 Å². The molecule has 0 saturated carbocycles. The van der Waals surface area contributed by atoms with Gasteiger partial charge in [0.25, 0.3) is 0 Å². The summed E-state index contributed by atoms with van der Waals surface area (Å²) in [5.41, 5.74) is 1.25. The zero-order valence-corrected chi connectivity index (χ0v) is 11.6. The van der Waals surface area contributed by atoms with Crippen molar-refractivity contribution in [3.05, 3.63) is 29.8 Å². The summed E-state index contributed by atoms with van der Waals surface area (Å²) in [6.45, 7) is 6.73. The second kappa shape index (κ2) is 4.91. The quantitative estimate of drug-likeness (QED) is 0.874. The molecule has 1 saturated heterocycles. The molecule has 0 aliphatic carbocycles. The number of benzene rings is 1. The SMILES string of the molecule is CC[C@@]1(c2cccc(O)c2)CN(C)C[C@H](C)S1. The third-order valence-electron chi connectivity index (χ3n) is 3.46. The third-order valence-corrected chi connectivity index (χ3v) is 5.12. The molecule has 2 nitrogen and oxygen atoms in total. The van der Waals surface area contributed by atoms with Crippen molar-refractivity contribution < 1.29 is 5.11 Å². The standard InChI is InChI=1S/C14H21NOS/c1-4-14(10-15(3)9-11(2)17-14)12-6-5-7-13(16)8-12/h5-8,11,16H,4,9-10H2,1-3H3/t11-,14-/m0/s1. The van der Waals surface area contributed by atoms with Crippen LogP contribution in [-0.2, 0) is 4.75 Å². The van der Waals surface area contributed by atoms with Gasteiger partial charge in [-0.2, -0.15) is 0 Å². The lowest BCUT2D eigenvalue weighted by atomic mass is 9.94. The Hall–Kier alpha value is -0.670. The van der Waals surface area contributed by atoms with Gasteiger partial charge in [-0.15, -0.1) is 11.8 Å². The van der Waals surface area contributed by atoms with E-state index in [2.05, 4.69) is 31.9 Å². The predicted molar refractivity (Wildman–Crippen MR) is 74.6 cm³/mol. The van der Waals surface area contributed by atoms with Crippen LogP contribution >= 0.6 is 11.8 Å². The first-order valence-electron chi connectivity index (χ1n) is 6.21. The lowest BCUT2D eigenvalue weighted by molar-refractivity contribution is 0.278. The van der Waals surface area contributed by atoms with E-state index in [1.807, 2.05) is 23.9 Å². The molecule has 17 heavy (non-hydrogen) atoms. The lowest BCUT2D eigenvalue weighted by Gasteiger charge is -2.44. The predicted octanol–water partition coefficient (Wildman–Crippen LogP) is 3.06. The monoisotopic (exact) mass is 251 g/mol. The van der Waals surface area contributed by atoms with Crippen molar-refractivity contribution in [1.29, 1.82) is 0 Å². The second-order valence-electron chi connectivity index (χ2n) is 5.02. The van der Waals surface area contributed by atoms with Crippen LogP contribution in [-0.4, -0.2) is 35.4 Å². The Morgan fingerprint density at radius 3 is 2.88 bits per heavy atom. The Bertz CT molecular complexity index is 384. The van der Waals surface area contributed by atoms with Gasteiger partial charge in [0.2, 0.25) is 0 Å². The molecule has 2 atom stereocenters. The number of aromatic hydroxyl groups is 1. The molecule has 0 radical (unpaired) electrons.